The van der Waals surface area contributed by atoms with Crippen molar-refractivity contribution in [2.75, 3.05) is 26.8 Å². The van der Waals surface area contributed by atoms with Crippen LogP contribution in [0.1, 0.15) is 43.2 Å². The van der Waals surface area contributed by atoms with Crippen LogP contribution in [-0.4, -0.2) is 43.7 Å². The van der Waals surface area contributed by atoms with Crippen molar-refractivity contribution in [1.29, 1.82) is 0 Å². The zero-order valence-corrected chi connectivity index (χ0v) is 18.2. The number of rotatable bonds is 10. The monoisotopic (exact) mass is 410 g/mol. The molecule has 0 unspecified atom stereocenters. The molecular formula is C25H34N2O3. The molecule has 0 bridgehead atoms. The SMILES string of the molecule is COc1ccccc1CN1CCC(NC(=O)CCCCOc2cccc(C)c2)CC1. The van der Waals surface area contributed by atoms with Crippen LogP contribution in [0.15, 0.2) is 48.5 Å². The van der Waals surface area contributed by atoms with Gasteiger partial charge in [0.1, 0.15) is 11.5 Å². The van der Waals surface area contributed by atoms with Gasteiger partial charge in [-0.05, 0) is 56.4 Å². The van der Waals surface area contributed by atoms with E-state index in [1.165, 1.54) is 11.1 Å². The third-order valence-corrected chi connectivity index (χ3v) is 5.60. The molecule has 30 heavy (non-hydrogen) atoms. The summed E-state index contributed by atoms with van der Waals surface area (Å²) in [6, 6.07) is 16.5. The number of carbonyl (C=O) groups excluding carboxylic acids is 1. The smallest absolute Gasteiger partial charge is 0.220 e. The van der Waals surface area contributed by atoms with E-state index in [2.05, 4.69) is 35.3 Å². The number of amides is 1. The normalized spacial score (nSPS) is 15.0. The van der Waals surface area contributed by atoms with E-state index in [1.807, 2.05) is 30.3 Å². The minimum atomic E-state index is 0.161. The van der Waals surface area contributed by atoms with Gasteiger partial charge < -0.3 is 14.8 Å². The summed E-state index contributed by atoms with van der Waals surface area (Å²) in [5, 5.41) is 3.21. The Bertz CT molecular complexity index is 800. The van der Waals surface area contributed by atoms with Crippen LogP contribution in [-0.2, 0) is 11.3 Å². The largest absolute Gasteiger partial charge is 0.496 e. The van der Waals surface area contributed by atoms with Crippen molar-refractivity contribution in [3.8, 4) is 11.5 Å². The third-order valence-electron chi connectivity index (χ3n) is 5.60. The molecule has 2 aromatic carbocycles. The van der Waals surface area contributed by atoms with Crippen LogP contribution in [0.2, 0.25) is 0 Å². The fourth-order valence-corrected chi connectivity index (χ4v) is 3.89. The highest BCUT2D eigenvalue weighted by atomic mass is 16.5. The first-order chi connectivity index (χ1) is 14.6. The van der Waals surface area contributed by atoms with Gasteiger partial charge in [-0.3, -0.25) is 9.69 Å². The number of nitrogens with zero attached hydrogens (tertiary/aromatic N) is 1. The summed E-state index contributed by atoms with van der Waals surface area (Å²) in [4.78, 5) is 14.7. The van der Waals surface area contributed by atoms with Crippen molar-refractivity contribution < 1.29 is 14.3 Å². The van der Waals surface area contributed by atoms with Crippen LogP contribution in [0.4, 0.5) is 0 Å². The second-order valence-electron chi connectivity index (χ2n) is 8.05. The Morgan fingerprint density at radius 2 is 1.90 bits per heavy atom. The minimum Gasteiger partial charge on any atom is -0.496 e. The molecule has 1 aliphatic heterocycles. The summed E-state index contributed by atoms with van der Waals surface area (Å²) in [6.45, 7) is 5.59. The van der Waals surface area contributed by atoms with Gasteiger partial charge in [-0.1, -0.05) is 30.3 Å². The molecule has 0 aliphatic carbocycles. The van der Waals surface area contributed by atoms with E-state index in [0.717, 1.165) is 56.8 Å². The van der Waals surface area contributed by atoms with Crippen molar-refractivity contribution in [2.45, 2.75) is 51.6 Å². The van der Waals surface area contributed by atoms with Gasteiger partial charge in [-0.25, -0.2) is 0 Å². The lowest BCUT2D eigenvalue weighted by atomic mass is 10.0. The van der Waals surface area contributed by atoms with E-state index in [1.54, 1.807) is 7.11 Å². The first-order valence-corrected chi connectivity index (χ1v) is 11.0. The lowest BCUT2D eigenvalue weighted by Gasteiger charge is -2.32. The molecule has 5 heteroatoms. The molecule has 1 aliphatic rings. The molecule has 0 radical (unpaired) electrons. The van der Waals surface area contributed by atoms with Gasteiger partial charge in [0.05, 0.1) is 13.7 Å². The van der Waals surface area contributed by atoms with E-state index in [-0.39, 0.29) is 11.9 Å². The maximum absolute atomic E-state index is 12.3. The van der Waals surface area contributed by atoms with E-state index in [4.69, 9.17) is 9.47 Å². The number of benzene rings is 2. The van der Waals surface area contributed by atoms with Gasteiger partial charge in [0, 0.05) is 37.7 Å². The number of methoxy groups -OCH3 is 1. The number of hydrogen-bond acceptors (Lipinski definition) is 4. The quantitative estimate of drug-likeness (QED) is 0.592. The molecule has 1 amide bonds. The number of nitrogens with one attached hydrogen (secondary N) is 1. The third kappa shape index (κ3) is 7.06. The molecule has 2 aromatic rings. The van der Waals surface area contributed by atoms with Gasteiger partial charge in [0.15, 0.2) is 0 Å². The van der Waals surface area contributed by atoms with E-state index >= 15 is 0 Å². The van der Waals surface area contributed by atoms with Crippen LogP contribution in [0.25, 0.3) is 0 Å². The molecule has 0 aromatic heterocycles. The predicted octanol–water partition coefficient (Wildman–Crippen LogP) is 4.33. The molecule has 3 rings (SSSR count). The average molecular weight is 411 g/mol. The molecule has 1 N–H and O–H groups in total. The Morgan fingerprint density at radius 1 is 1.10 bits per heavy atom. The van der Waals surface area contributed by atoms with E-state index in [9.17, 15) is 4.79 Å². The molecule has 1 saturated heterocycles. The van der Waals surface area contributed by atoms with E-state index in [0.29, 0.717) is 13.0 Å². The minimum absolute atomic E-state index is 0.161. The first kappa shape index (κ1) is 22.2. The van der Waals surface area contributed by atoms with E-state index < -0.39 is 0 Å². The fraction of sp³-hybridized carbons (Fsp3) is 0.480. The average Bonchev–Trinajstić information content (AvgIpc) is 2.75. The van der Waals surface area contributed by atoms with Gasteiger partial charge in [0.2, 0.25) is 5.91 Å². The van der Waals surface area contributed by atoms with Gasteiger partial charge in [-0.15, -0.1) is 0 Å². The van der Waals surface area contributed by atoms with Crippen molar-refractivity contribution in [3.05, 3.63) is 59.7 Å². The molecule has 0 spiro atoms. The standard InChI is InChI=1S/C25H34N2O3/c1-20-8-7-10-23(18-20)30-17-6-5-12-25(28)26-22-13-15-27(16-14-22)19-21-9-3-4-11-24(21)29-2/h3-4,7-11,18,22H,5-6,12-17,19H2,1-2H3,(H,26,28). The Hall–Kier alpha value is -2.53. The summed E-state index contributed by atoms with van der Waals surface area (Å²) < 4.78 is 11.2. The van der Waals surface area contributed by atoms with Crippen LogP contribution in [0.3, 0.4) is 0 Å². The maximum atomic E-state index is 12.3. The molecule has 0 saturated carbocycles. The van der Waals surface area contributed by atoms with Gasteiger partial charge >= 0.3 is 0 Å². The van der Waals surface area contributed by atoms with Crippen molar-refractivity contribution in [2.24, 2.45) is 0 Å². The summed E-state index contributed by atoms with van der Waals surface area (Å²) in [7, 11) is 1.72. The van der Waals surface area contributed by atoms with Crippen LogP contribution < -0.4 is 14.8 Å². The Kier molecular flexibility index (Phi) is 8.57. The first-order valence-electron chi connectivity index (χ1n) is 11.0. The number of carbonyl (C=O) groups is 1. The second-order valence-corrected chi connectivity index (χ2v) is 8.05. The number of unbranched alkanes of at least 4 members (excludes halogenated alkanes) is 1. The zero-order chi connectivity index (χ0) is 21.2. The summed E-state index contributed by atoms with van der Waals surface area (Å²) in [6.07, 6.45) is 4.30. The predicted molar refractivity (Wildman–Crippen MR) is 120 cm³/mol. The summed E-state index contributed by atoms with van der Waals surface area (Å²) >= 11 is 0. The molecule has 1 heterocycles. The summed E-state index contributed by atoms with van der Waals surface area (Å²) in [5.41, 5.74) is 2.41. The molecule has 1 fully saturated rings. The fourth-order valence-electron chi connectivity index (χ4n) is 3.89. The van der Waals surface area contributed by atoms with Crippen molar-refractivity contribution >= 4 is 5.91 Å². The molecule has 5 nitrogen and oxygen atoms in total. The van der Waals surface area contributed by atoms with Gasteiger partial charge in [0.25, 0.3) is 0 Å². The number of aryl methyl sites for hydroxylation is 1. The zero-order valence-electron chi connectivity index (χ0n) is 18.2. The molecule has 0 atom stereocenters. The topological polar surface area (TPSA) is 50.8 Å². The Morgan fingerprint density at radius 3 is 2.67 bits per heavy atom. The number of piperidine rings is 1. The summed E-state index contributed by atoms with van der Waals surface area (Å²) in [5.74, 6) is 2.01. The Balaban J connectivity index is 1.28. The molecular weight excluding hydrogens is 376 g/mol. The number of likely N-dealkylation sites (tertiary alicyclic amines) is 1. The van der Waals surface area contributed by atoms with Gasteiger partial charge in [-0.2, -0.15) is 0 Å². The van der Waals surface area contributed by atoms with Crippen molar-refractivity contribution in [1.82, 2.24) is 10.2 Å². The van der Waals surface area contributed by atoms with Crippen molar-refractivity contribution in [3.63, 3.8) is 0 Å². The number of hydrogen-bond donors (Lipinski definition) is 1. The number of para-hydroxylation sites is 1. The highest BCUT2D eigenvalue weighted by molar-refractivity contribution is 5.76. The highest BCUT2D eigenvalue weighted by Gasteiger charge is 2.21. The second kappa shape index (κ2) is 11.6. The highest BCUT2D eigenvalue weighted by Crippen LogP contribution is 2.21. The Labute approximate surface area is 180 Å². The van der Waals surface area contributed by atoms with Crippen LogP contribution in [0.5, 0.6) is 11.5 Å². The lowest BCUT2D eigenvalue weighted by molar-refractivity contribution is -0.122. The van der Waals surface area contributed by atoms with Crippen LogP contribution >= 0.6 is 0 Å². The van der Waals surface area contributed by atoms with Crippen LogP contribution in [0, 0.1) is 6.92 Å². The molecule has 162 valence electrons. The maximum Gasteiger partial charge on any atom is 0.220 e. The number of ether oxygens (including phenoxy) is 2. The lowest BCUT2D eigenvalue weighted by Crippen LogP contribution is -2.44.